The molecule has 1 aliphatic rings. The molecule has 0 aromatic carbocycles. The first-order valence-electron chi connectivity index (χ1n) is 6.50. The Labute approximate surface area is 113 Å². The second kappa shape index (κ2) is 6.39. The van der Waals surface area contributed by atoms with Gasteiger partial charge in [0.05, 0.1) is 13.2 Å². The summed E-state index contributed by atoms with van der Waals surface area (Å²) in [5.41, 5.74) is 2.10. The number of rotatable bonds is 4. The highest BCUT2D eigenvalue weighted by atomic mass is 35.5. The molecule has 0 bridgehead atoms. The molecule has 0 radical (unpaired) electrons. The van der Waals surface area contributed by atoms with Gasteiger partial charge in [0.25, 0.3) is 0 Å². The van der Waals surface area contributed by atoms with Gasteiger partial charge in [0.1, 0.15) is 6.10 Å². The monoisotopic (exact) mass is 269 g/mol. The zero-order valence-electron chi connectivity index (χ0n) is 11.0. The molecule has 1 aromatic heterocycles. The van der Waals surface area contributed by atoms with Crippen molar-refractivity contribution >= 4 is 11.6 Å². The molecule has 0 amide bonds. The third-order valence-corrected chi connectivity index (χ3v) is 3.39. The topological polar surface area (TPSA) is 31.4 Å². The zero-order chi connectivity index (χ0) is 13.0. The quantitative estimate of drug-likeness (QED) is 0.784. The molecular weight excluding hydrogens is 250 g/mol. The van der Waals surface area contributed by atoms with Crippen LogP contribution in [0.5, 0.6) is 5.88 Å². The molecule has 0 saturated carbocycles. The molecule has 0 aliphatic carbocycles. The van der Waals surface area contributed by atoms with Gasteiger partial charge in [-0.25, -0.2) is 4.98 Å². The lowest BCUT2D eigenvalue weighted by Gasteiger charge is -2.23. The molecule has 1 aliphatic heterocycles. The van der Waals surface area contributed by atoms with E-state index < -0.39 is 0 Å². The number of alkyl halides is 1. The van der Waals surface area contributed by atoms with Crippen molar-refractivity contribution in [3.8, 4) is 5.88 Å². The molecule has 1 saturated heterocycles. The van der Waals surface area contributed by atoms with Gasteiger partial charge in [-0.15, -0.1) is 11.6 Å². The number of nitrogens with zero attached hydrogens (tertiary/aromatic N) is 1. The van der Waals surface area contributed by atoms with Crippen LogP contribution in [0.15, 0.2) is 12.1 Å². The number of hydrogen-bond acceptors (Lipinski definition) is 3. The van der Waals surface area contributed by atoms with Crippen LogP contribution in [0, 0.1) is 0 Å². The minimum Gasteiger partial charge on any atom is -0.474 e. The fourth-order valence-electron chi connectivity index (χ4n) is 1.98. The van der Waals surface area contributed by atoms with E-state index in [0.717, 1.165) is 37.3 Å². The smallest absolute Gasteiger partial charge is 0.214 e. The molecule has 0 unspecified atom stereocenters. The molecular formula is C14H20ClNO2. The minimum atomic E-state index is 0.219. The van der Waals surface area contributed by atoms with Crippen molar-refractivity contribution in [2.45, 2.75) is 44.6 Å². The highest BCUT2D eigenvalue weighted by Crippen LogP contribution is 2.22. The van der Waals surface area contributed by atoms with E-state index in [1.54, 1.807) is 0 Å². The summed E-state index contributed by atoms with van der Waals surface area (Å²) in [5.74, 6) is 1.57. The van der Waals surface area contributed by atoms with Crippen LogP contribution in [0.4, 0.5) is 0 Å². The summed E-state index contributed by atoms with van der Waals surface area (Å²) in [7, 11) is 0. The number of halogens is 1. The lowest BCUT2D eigenvalue weighted by molar-refractivity contribution is 0.0236. The second-order valence-corrected chi connectivity index (χ2v) is 5.22. The fraction of sp³-hybridized carbons (Fsp3) is 0.643. The SMILES string of the molecule is CC(C)c1cc(CCl)cc(OC2CCOCC2)n1. The van der Waals surface area contributed by atoms with Gasteiger partial charge in [0, 0.05) is 30.5 Å². The van der Waals surface area contributed by atoms with Crippen LogP contribution in [0.3, 0.4) is 0 Å². The van der Waals surface area contributed by atoms with Crippen molar-refractivity contribution in [2.75, 3.05) is 13.2 Å². The predicted molar refractivity (Wildman–Crippen MR) is 72.4 cm³/mol. The Bertz CT molecular complexity index is 389. The van der Waals surface area contributed by atoms with Crippen molar-refractivity contribution in [3.05, 3.63) is 23.4 Å². The molecule has 4 heteroatoms. The first kappa shape index (κ1) is 13.6. The van der Waals surface area contributed by atoms with Crippen molar-refractivity contribution in [2.24, 2.45) is 0 Å². The number of pyridine rings is 1. The van der Waals surface area contributed by atoms with E-state index >= 15 is 0 Å². The lowest BCUT2D eigenvalue weighted by atomic mass is 10.1. The fourth-order valence-corrected chi connectivity index (χ4v) is 2.13. The highest BCUT2D eigenvalue weighted by Gasteiger charge is 2.16. The Balaban J connectivity index is 2.12. The van der Waals surface area contributed by atoms with Gasteiger partial charge in [-0.2, -0.15) is 0 Å². The zero-order valence-corrected chi connectivity index (χ0v) is 11.7. The third kappa shape index (κ3) is 3.59. The average molecular weight is 270 g/mol. The molecule has 0 atom stereocenters. The Morgan fingerprint density at radius 3 is 2.72 bits per heavy atom. The molecule has 18 heavy (non-hydrogen) atoms. The number of ether oxygens (including phenoxy) is 2. The summed E-state index contributed by atoms with van der Waals surface area (Å²) in [6, 6.07) is 3.99. The molecule has 3 nitrogen and oxygen atoms in total. The normalized spacial score (nSPS) is 17.1. The van der Waals surface area contributed by atoms with E-state index in [2.05, 4.69) is 24.9 Å². The largest absolute Gasteiger partial charge is 0.474 e. The maximum absolute atomic E-state index is 5.94. The van der Waals surface area contributed by atoms with Crippen LogP contribution in [0.1, 0.15) is 43.9 Å². The molecule has 2 heterocycles. The molecule has 1 fully saturated rings. The first-order chi connectivity index (χ1) is 8.69. The number of hydrogen-bond donors (Lipinski definition) is 0. The molecule has 0 spiro atoms. The minimum absolute atomic E-state index is 0.219. The third-order valence-electron chi connectivity index (χ3n) is 3.08. The maximum Gasteiger partial charge on any atom is 0.214 e. The van der Waals surface area contributed by atoms with Gasteiger partial charge in [-0.1, -0.05) is 13.8 Å². The number of aromatic nitrogens is 1. The van der Waals surface area contributed by atoms with Crippen molar-refractivity contribution in [1.82, 2.24) is 4.98 Å². The van der Waals surface area contributed by atoms with Gasteiger partial charge < -0.3 is 9.47 Å². The molecule has 0 N–H and O–H groups in total. The highest BCUT2D eigenvalue weighted by molar-refractivity contribution is 6.17. The predicted octanol–water partition coefficient (Wildman–Crippen LogP) is 3.50. The summed E-state index contributed by atoms with van der Waals surface area (Å²) >= 11 is 5.91. The van der Waals surface area contributed by atoms with E-state index in [9.17, 15) is 0 Å². The van der Waals surface area contributed by atoms with E-state index in [1.807, 2.05) is 6.07 Å². The average Bonchev–Trinajstić information content (AvgIpc) is 2.39. The van der Waals surface area contributed by atoms with E-state index in [0.29, 0.717) is 17.7 Å². The van der Waals surface area contributed by atoms with Crippen molar-refractivity contribution in [1.29, 1.82) is 0 Å². The van der Waals surface area contributed by atoms with Crippen LogP contribution in [-0.4, -0.2) is 24.3 Å². The van der Waals surface area contributed by atoms with Gasteiger partial charge in [-0.3, -0.25) is 0 Å². The van der Waals surface area contributed by atoms with Gasteiger partial charge in [0.15, 0.2) is 0 Å². The van der Waals surface area contributed by atoms with Crippen LogP contribution >= 0.6 is 11.6 Å². The maximum atomic E-state index is 5.94. The molecule has 100 valence electrons. The van der Waals surface area contributed by atoms with E-state index in [1.165, 1.54) is 0 Å². The Kier molecular flexibility index (Phi) is 4.84. The lowest BCUT2D eigenvalue weighted by Crippen LogP contribution is -2.26. The van der Waals surface area contributed by atoms with Crippen LogP contribution in [0.25, 0.3) is 0 Å². The van der Waals surface area contributed by atoms with Crippen LogP contribution in [-0.2, 0) is 10.6 Å². The van der Waals surface area contributed by atoms with Gasteiger partial charge in [0.2, 0.25) is 5.88 Å². The summed E-state index contributed by atoms with van der Waals surface area (Å²) < 4.78 is 11.3. The summed E-state index contributed by atoms with van der Waals surface area (Å²) in [5, 5.41) is 0. The van der Waals surface area contributed by atoms with Crippen molar-refractivity contribution < 1.29 is 9.47 Å². The first-order valence-corrected chi connectivity index (χ1v) is 7.03. The van der Waals surface area contributed by atoms with Crippen LogP contribution in [0.2, 0.25) is 0 Å². The Hall–Kier alpha value is -0.800. The molecule has 1 aromatic rings. The second-order valence-electron chi connectivity index (χ2n) is 4.96. The summed E-state index contributed by atoms with van der Waals surface area (Å²) in [6.45, 7) is 5.80. The summed E-state index contributed by atoms with van der Waals surface area (Å²) in [6.07, 6.45) is 2.09. The van der Waals surface area contributed by atoms with Gasteiger partial charge in [-0.05, 0) is 17.5 Å². The standard InChI is InChI=1S/C14H20ClNO2/c1-10(2)13-7-11(9-15)8-14(16-13)18-12-3-5-17-6-4-12/h7-8,10,12H,3-6,9H2,1-2H3. The van der Waals surface area contributed by atoms with Crippen LogP contribution < -0.4 is 4.74 Å². The van der Waals surface area contributed by atoms with Gasteiger partial charge >= 0.3 is 0 Å². The Morgan fingerprint density at radius 2 is 2.11 bits per heavy atom. The molecule has 2 rings (SSSR count). The van der Waals surface area contributed by atoms with Crippen molar-refractivity contribution in [3.63, 3.8) is 0 Å². The Morgan fingerprint density at radius 1 is 1.39 bits per heavy atom. The van der Waals surface area contributed by atoms with E-state index in [4.69, 9.17) is 21.1 Å². The van der Waals surface area contributed by atoms with E-state index in [-0.39, 0.29) is 6.10 Å². The summed E-state index contributed by atoms with van der Waals surface area (Å²) in [4.78, 5) is 4.55.